The van der Waals surface area contributed by atoms with E-state index in [1.54, 1.807) is 35.6 Å². The fraction of sp³-hybridized carbons (Fsp3) is 0.333. The summed E-state index contributed by atoms with van der Waals surface area (Å²) in [6.07, 6.45) is 0. The van der Waals surface area contributed by atoms with Gasteiger partial charge in [-0.05, 0) is 48.5 Å². The first-order chi connectivity index (χ1) is 15.1. The topological polar surface area (TPSA) is 106 Å². The van der Waals surface area contributed by atoms with E-state index in [9.17, 15) is 9.59 Å². The van der Waals surface area contributed by atoms with Crippen molar-refractivity contribution in [1.82, 2.24) is 30.1 Å². The van der Waals surface area contributed by atoms with E-state index in [0.29, 0.717) is 49.1 Å². The molecule has 2 aromatic heterocycles. The maximum absolute atomic E-state index is 12.9. The van der Waals surface area contributed by atoms with Crippen LogP contribution in [0.2, 0.25) is 0 Å². The van der Waals surface area contributed by atoms with Crippen LogP contribution in [-0.4, -0.2) is 74.8 Å². The van der Waals surface area contributed by atoms with Crippen LogP contribution in [0, 0.1) is 6.92 Å². The van der Waals surface area contributed by atoms with Crippen LogP contribution < -0.4 is 4.90 Å². The maximum atomic E-state index is 12.9. The van der Waals surface area contributed by atoms with Crippen molar-refractivity contribution < 1.29 is 14.3 Å². The molecule has 10 heteroatoms. The second-order valence-electron chi connectivity index (χ2n) is 7.06. The van der Waals surface area contributed by atoms with Crippen LogP contribution in [0.25, 0.3) is 5.69 Å². The molecule has 4 rings (SSSR count). The zero-order valence-electron chi connectivity index (χ0n) is 17.4. The Morgan fingerprint density at radius 3 is 2.45 bits per heavy atom. The Morgan fingerprint density at radius 2 is 1.77 bits per heavy atom. The number of rotatable bonds is 5. The Morgan fingerprint density at radius 1 is 1.03 bits per heavy atom. The smallest absolute Gasteiger partial charge is 0.339 e. The normalized spacial score (nSPS) is 13.9. The van der Waals surface area contributed by atoms with Crippen molar-refractivity contribution in [2.45, 2.75) is 13.8 Å². The molecule has 3 aromatic rings. The Labute approximate surface area is 179 Å². The Balaban J connectivity index is 1.43. The van der Waals surface area contributed by atoms with Gasteiger partial charge in [0.2, 0.25) is 5.95 Å². The maximum Gasteiger partial charge on any atom is 0.339 e. The van der Waals surface area contributed by atoms with Crippen molar-refractivity contribution in [2.75, 3.05) is 37.7 Å². The number of amides is 1. The minimum absolute atomic E-state index is 0.166. The fourth-order valence-electron chi connectivity index (χ4n) is 3.49. The molecule has 3 heterocycles. The predicted octanol–water partition coefficient (Wildman–Crippen LogP) is 1.50. The molecule has 1 saturated heterocycles. The van der Waals surface area contributed by atoms with Crippen LogP contribution in [0.3, 0.4) is 0 Å². The van der Waals surface area contributed by atoms with E-state index in [1.165, 1.54) is 0 Å². The molecule has 1 amide bonds. The number of hydrogen-bond acceptors (Lipinski definition) is 8. The molecule has 1 aliphatic heterocycles. The molecular formula is C21H23N7O3. The minimum atomic E-state index is -0.434. The van der Waals surface area contributed by atoms with Gasteiger partial charge in [-0.15, -0.1) is 0 Å². The number of pyridine rings is 1. The van der Waals surface area contributed by atoms with E-state index in [2.05, 4.69) is 25.4 Å². The highest BCUT2D eigenvalue weighted by molar-refractivity contribution is 5.95. The number of carbonyl (C=O) groups is 2. The summed E-state index contributed by atoms with van der Waals surface area (Å²) < 4.78 is 6.71. The minimum Gasteiger partial charge on any atom is -0.462 e. The number of tetrazole rings is 1. The number of aromatic nitrogens is 5. The predicted molar refractivity (Wildman–Crippen MR) is 112 cm³/mol. The number of aryl methyl sites for hydroxylation is 1. The first kappa shape index (κ1) is 20.5. The zero-order chi connectivity index (χ0) is 21.8. The van der Waals surface area contributed by atoms with E-state index >= 15 is 0 Å². The molecule has 0 spiro atoms. The van der Waals surface area contributed by atoms with E-state index < -0.39 is 5.97 Å². The lowest BCUT2D eigenvalue weighted by Crippen LogP contribution is -2.49. The number of para-hydroxylation sites is 1. The highest BCUT2D eigenvalue weighted by Crippen LogP contribution is 2.18. The van der Waals surface area contributed by atoms with Gasteiger partial charge in [-0.3, -0.25) is 4.79 Å². The average Bonchev–Trinajstić information content (AvgIpc) is 3.29. The van der Waals surface area contributed by atoms with Gasteiger partial charge < -0.3 is 14.5 Å². The van der Waals surface area contributed by atoms with Crippen LogP contribution in [0.15, 0.2) is 42.5 Å². The second-order valence-corrected chi connectivity index (χ2v) is 7.06. The Kier molecular flexibility index (Phi) is 5.87. The Bertz CT molecular complexity index is 1080. The van der Waals surface area contributed by atoms with Crippen molar-refractivity contribution in [1.29, 1.82) is 0 Å². The summed E-state index contributed by atoms with van der Waals surface area (Å²) >= 11 is 0. The van der Waals surface area contributed by atoms with Crippen molar-refractivity contribution >= 4 is 17.8 Å². The lowest BCUT2D eigenvalue weighted by molar-refractivity contribution is 0.0524. The van der Waals surface area contributed by atoms with Crippen molar-refractivity contribution in [3.8, 4) is 5.69 Å². The van der Waals surface area contributed by atoms with Crippen LogP contribution in [0.4, 0.5) is 5.95 Å². The number of benzene rings is 1. The largest absolute Gasteiger partial charge is 0.462 e. The van der Waals surface area contributed by atoms with Gasteiger partial charge >= 0.3 is 5.97 Å². The molecule has 1 aliphatic rings. The number of ether oxygens (including phenoxy) is 1. The number of nitrogens with zero attached hydrogens (tertiary/aromatic N) is 7. The van der Waals surface area contributed by atoms with Gasteiger partial charge in [0, 0.05) is 26.2 Å². The number of esters is 1. The molecule has 1 fully saturated rings. The van der Waals surface area contributed by atoms with Crippen LogP contribution >= 0.6 is 0 Å². The SMILES string of the molecule is CCOC(=O)c1ccc(C(=O)N2CCN(c3nnnn3-c3ccccc3)CC2)nc1C. The van der Waals surface area contributed by atoms with Crippen molar-refractivity contribution in [2.24, 2.45) is 0 Å². The van der Waals surface area contributed by atoms with Crippen LogP contribution in [0.1, 0.15) is 33.5 Å². The standard InChI is InChI=1S/C21H23N7O3/c1-3-31-20(30)17-9-10-18(22-15(17)2)19(29)26-11-13-27(14-12-26)21-23-24-25-28(21)16-7-5-4-6-8-16/h4-10H,3,11-14H2,1-2H3. The summed E-state index contributed by atoms with van der Waals surface area (Å²) in [4.78, 5) is 33.0. The lowest BCUT2D eigenvalue weighted by atomic mass is 10.1. The summed E-state index contributed by atoms with van der Waals surface area (Å²) in [6.45, 7) is 5.96. The van der Waals surface area contributed by atoms with E-state index in [1.807, 2.05) is 30.3 Å². The molecule has 10 nitrogen and oxygen atoms in total. The second kappa shape index (κ2) is 8.90. The van der Waals surface area contributed by atoms with Crippen LogP contribution in [-0.2, 0) is 4.74 Å². The number of carbonyl (C=O) groups excluding carboxylic acids is 2. The molecule has 0 atom stereocenters. The number of piperazine rings is 1. The molecular weight excluding hydrogens is 398 g/mol. The van der Waals surface area contributed by atoms with Crippen molar-refractivity contribution in [3.63, 3.8) is 0 Å². The third-order valence-electron chi connectivity index (χ3n) is 5.10. The van der Waals surface area contributed by atoms with Gasteiger partial charge in [0.1, 0.15) is 5.69 Å². The van der Waals surface area contributed by atoms with Gasteiger partial charge in [-0.1, -0.05) is 23.3 Å². The molecule has 0 bridgehead atoms. The molecule has 0 N–H and O–H groups in total. The molecule has 160 valence electrons. The molecule has 0 radical (unpaired) electrons. The summed E-state index contributed by atoms with van der Waals surface area (Å²) in [7, 11) is 0. The van der Waals surface area contributed by atoms with E-state index in [0.717, 1.165) is 5.69 Å². The van der Waals surface area contributed by atoms with Gasteiger partial charge in [-0.2, -0.15) is 4.68 Å². The molecule has 31 heavy (non-hydrogen) atoms. The summed E-state index contributed by atoms with van der Waals surface area (Å²) in [6, 6.07) is 12.8. The average molecular weight is 421 g/mol. The molecule has 0 aliphatic carbocycles. The summed E-state index contributed by atoms with van der Waals surface area (Å²) in [5, 5.41) is 12.1. The fourth-order valence-corrected chi connectivity index (χ4v) is 3.49. The van der Waals surface area contributed by atoms with Crippen molar-refractivity contribution in [3.05, 3.63) is 59.4 Å². The molecule has 1 aromatic carbocycles. The molecule has 0 saturated carbocycles. The monoisotopic (exact) mass is 421 g/mol. The zero-order valence-corrected chi connectivity index (χ0v) is 17.4. The highest BCUT2D eigenvalue weighted by Gasteiger charge is 2.26. The Hall–Kier alpha value is -3.82. The lowest BCUT2D eigenvalue weighted by Gasteiger charge is -2.34. The summed E-state index contributed by atoms with van der Waals surface area (Å²) in [5.41, 5.74) is 2.04. The van der Waals surface area contributed by atoms with E-state index in [-0.39, 0.29) is 12.5 Å². The van der Waals surface area contributed by atoms with Gasteiger partial charge in [0.15, 0.2) is 0 Å². The number of hydrogen-bond donors (Lipinski definition) is 0. The quantitative estimate of drug-likeness (QED) is 0.571. The van der Waals surface area contributed by atoms with Gasteiger partial charge in [0.25, 0.3) is 5.91 Å². The third kappa shape index (κ3) is 4.23. The first-order valence-corrected chi connectivity index (χ1v) is 10.1. The number of anilines is 1. The third-order valence-corrected chi connectivity index (χ3v) is 5.10. The van der Waals surface area contributed by atoms with Gasteiger partial charge in [0.05, 0.1) is 23.6 Å². The van der Waals surface area contributed by atoms with Crippen LogP contribution in [0.5, 0.6) is 0 Å². The highest BCUT2D eigenvalue weighted by atomic mass is 16.5. The first-order valence-electron chi connectivity index (χ1n) is 10.1. The molecule has 0 unspecified atom stereocenters. The summed E-state index contributed by atoms with van der Waals surface area (Å²) in [5.74, 6) is 0.0446. The van der Waals surface area contributed by atoms with Gasteiger partial charge in [-0.25, -0.2) is 9.78 Å². The van der Waals surface area contributed by atoms with E-state index in [4.69, 9.17) is 4.74 Å².